The van der Waals surface area contributed by atoms with Crippen molar-refractivity contribution in [2.45, 2.75) is 25.7 Å². The molecule has 0 aliphatic carbocycles. The Labute approximate surface area is 113 Å². The smallest absolute Gasteiger partial charge is 0.0755 e. The summed E-state index contributed by atoms with van der Waals surface area (Å²) in [7, 11) is 0. The van der Waals surface area contributed by atoms with Gasteiger partial charge in [0.05, 0.1) is 10.7 Å². The van der Waals surface area contributed by atoms with Gasteiger partial charge in [0.15, 0.2) is 0 Å². The van der Waals surface area contributed by atoms with E-state index in [-0.39, 0.29) is 0 Å². The number of hydrogen-bond acceptors (Lipinski definition) is 2. The van der Waals surface area contributed by atoms with E-state index in [0.29, 0.717) is 0 Å². The lowest BCUT2D eigenvalue weighted by Crippen LogP contribution is -1.83. The minimum absolute atomic E-state index is 1.01. The van der Waals surface area contributed by atoms with Gasteiger partial charge in [-0.05, 0) is 45.0 Å². The van der Waals surface area contributed by atoms with Crippen LogP contribution in [0.4, 0.5) is 5.69 Å². The standard InChI is InChI=1S/C16H17NS/c1-12-4-8-15(9-5-12)17-14(3)18-16-10-6-13(2)7-11-16/h4-11H,1-3H3. The van der Waals surface area contributed by atoms with Gasteiger partial charge in [0.2, 0.25) is 0 Å². The van der Waals surface area contributed by atoms with Crippen LogP contribution in [0.2, 0.25) is 0 Å². The van der Waals surface area contributed by atoms with Crippen LogP contribution in [-0.4, -0.2) is 5.04 Å². The second kappa shape index (κ2) is 5.87. The molecule has 0 heterocycles. The Hall–Kier alpha value is -1.54. The Morgan fingerprint density at radius 2 is 1.33 bits per heavy atom. The van der Waals surface area contributed by atoms with E-state index >= 15 is 0 Å². The first-order chi connectivity index (χ1) is 8.63. The third-order valence-electron chi connectivity index (χ3n) is 2.61. The summed E-state index contributed by atoms with van der Waals surface area (Å²) >= 11 is 1.70. The number of thioether (sulfide) groups is 1. The zero-order valence-corrected chi connectivity index (χ0v) is 11.8. The zero-order valence-electron chi connectivity index (χ0n) is 11.0. The maximum Gasteiger partial charge on any atom is 0.0755 e. The first kappa shape index (κ1) is 12.9. The Kier molecular flexibility index (Phi) is 4.21. The highest BCUT2D eigenvalue weighted by atomic mass is 32.2. The van der Waals surface area contributed by atoms with Crippen LogP contribution in [0.25, 0.3) is 0 Å². The Balaban J connectivity index is 2.09. The normalized spacial score (nSPS) is 11.6. The average Bonchev–Trinajstić information content (AvgIpc) is 2.35. The Morgan fingerprint density at radius 1 is 0.833 bits per heavy atom. The predicted octanol–water partition coefficient (Wildman–Crippen LogP) is 5.15. The molecule has 0 aliphatic rings. The summed E-state index contributed by atoms with van der Waals surface area (Å²) in [5, 5.41) is 1.06. The molecule has 0 amide bonds. The van der Waals surface area contributed by atoms with Crippen molar-refractivity contribution in [3.8, 4) is 0 Å². The summed E-state index contributed by atoms with van der Waals surface area (Å²) in [6.07, 6.45) is 0. The quantitative estimate of drug-likeness (QED) is 0.411. The predicted molar refractivity (Wildman–Crippen MR) is 81.0 cm³/mol. The van der Waals surface area contributed by atoms with Crippen LogP contribution in [0.15, 0.2) is 58.4 Å². The van der Waals surface area contributed by atoms with Gasteiger partial charge in [0.1, 0.15) is 0 Å². The summed E-state index contributed by atoms with van der Waals surface area (Å²) in [6.45, 7) is 6.23. The van der Waals surface area contributed by atoms with E-state index in [0.717, 1.165) is 10.7 Å². The summed E-state index contributed by atoms with van der Waals surface area (Å²) in [6, 6.07) is 16.8. The summed E-state index contributed by atoms with van der Waals surface area (Å²) in [5.41, 5.74) is 3.56. The van der Waals surface area contributed by atoms with Crippen LogP contribution in [0.3, 0.4) is 0 Å². The molecule has 0 aliphatic heterocycles. The Bertz CT molecular complexity index is 538. The second-order valence-electron chi connectivity index (χ2n) is 4.38. The van der Waals surface area contributed by atoms with E-state index in [4.69, 9.17) is 0 Å². The van der Waals surface area contributed by atoms with Gasteiger partial charge in [-0.25, -0.2) is 4.99 Å². The summed E-state index contributed by atoms with van der Waals surface area (Å²) < 4.78 is 0. The molecule has 2 heteroatoms. The number of nitrogens with zero attached hydrogens (tertiary/aromatic N) is 1. The number of aliphatic imine (C=N–C) groups is 1. The molecule has 0 aromatic heterocycles. The molecule has 0 spiro atoms. The molecular weight excluding hydrogens is 238 g/mol. The van der Waals surface area contributed by atoms with Crippen LogP contribution >= 0.6 is 11.8 Å². The first-order valence-corrected chi connectivity index (χ1v) is 6.81. The fourth-order valence-corrected chi connectivity index (χ4v) is 2.37. The molecule has 0 bridgehead atoms. The molecule has 0 atom stereocenters. The van der Waals surface area contributed by atoms with Crippen molar-refractivity contribution in [1.82, 2.24) is 0 Å². The molecule has 2 rings (SSSR count). The van der Waals surface area contributed by atoms with E-state index in [9.17, 15) is 0 Å². The molecule has 2 aromatic carbocycles. The van der Waals surface area contributed by atoms with Gasteiger partial charge in [0, 0.05) is 4.90 Å². The van der Waals surface area contributed by atoms with Crippen LogP contribution in [0.1, 0.15) is 18.1 Å². The van der Waals surface area contributed by atoms with Crippen LogP contribution in [0, 0.1) is 13.8 Å². The third-order valence-corrected chi connectivity index (χ3v) is 3.50. The van der Waals surface area contributed by atoms with Crippen molar-refractivity contribution in [3.63, 3.8) is 0 Å². The van der Waals surface area contributed by atoms with Gasteiger partial charge < -0.3 is 0 Å². The van der Waals surface area contributed by atoms with E-state index in [1.807, 2.05) is 6.92 Å². The van der Waals surface area contributed by atoms with Gasteiger partial charge >= 0.3 is 0 Å². The molecule has 0 radical (unpaired) electrons. The van der Waals surface area contributed by atoms with Gasteiger partial charge in [-0.1, -0.05) is 47.2 Å². The molecule has 0 saturated heterocycles. The maximum atomic E-state index is 4.60. The lowest BCUT2D eigenvalue weighted by Gasteiger charge is -2.02. The van der Waals surface area contributed by atoms with Crippen molar-refractivity contribution in [1.29, 1.82) is 0 Å². The van der Waals surface area contributed by atoms with Crippen molar-refractivity contribution in [2.24, 2.45) is 4.99 Å². The zero-order chi connectivity index (χ0) is 13.0. The lowest BCUT2D eigenvalue weighted by atomic mass is 10.2. The van der Waals surface area contributed by atoms with Gasteiger partial charge in [-0.3, -0.25) is 0 Å². The Morgan fingerprint density at radius 3 is 1.89 bits per heavy atom. The first-order valence-electron chi connectivity index (χ1n) is 6.00. The third kappa shape index (κ3) is 3.74. The number of hydrogen-bond donors (Lipinski definition) is 0. The molecule has 92 valence electrons. The van der Waals surface area contributed by atoms with Crippen LogP contribution in [-0.2, 0) is 0 Å². The highest BCUT2D eigenvalue weighted by Crippen LogP contribution is 2.23. The summed E-state index contributed by atoms with van der Waals surface area (Å²) in [4.78, 5) is 5.83. The van der Waals surface area contributed by atoms with Crippen molar-refractivity contribution < 1.29 is 0 Å². The second-order valence-corrected chi connectivity index (χ2v) is 5.65. The largest absolute Gasteiger partial charge is 0.247 e. The van der Waals surface area contributed by atoms with E-state index in [2.05, 4.69) is 67.4 Å². The van der Waals surface area contributed by atoms with Crippen molar-refractivity contribution in [3.05, 3.63) is 59.7 Å². The van der Waals surface area contributed by atoms with Crippen LogP contribution in [0.5, 0.6) is 0 Å². The molecule has 18 heavy (non-hydrogen) atoms. The van der Waals surface area contributed by atoms with Gasteiger partial charge in [0.25, 0.3) is 0 Å². The van der Waals surface area contributed by atoms with E-state index in [1.54, 1.807) is 11.8 Å². The molecule has 0 unspecified atom stereocenters. The van der Waals surface area contributed by atoms with Crippen LogP contribution < -0.4 is 0 Å². The molecule has 1 nitrogen and oxygen atoms in total. The highest BCUT2D eigenvalue weighted by molar-refractivity contribution is 8.13. The molecule has 0 saturated carbocycles. The number of benzene rings is 2. The van der Waals surface area contributed by atoms with E-state index < -0.39 is 0 Å². The number of rotatable bonds is 2. The molecule has 2 aromatic rings. The molecule has 0 fully saturated rings. The molecule has 0 N–H and O–H groups in total. The minimum Gasteiger partial charge on any atom is -0.247 e. The van der Waals surface area contributed by atoms with Gasteiger partial charge in [-0.15, -0.1) is 0 Å². The fourth-order valence-electron chi connectivity index (χ4n) is 1.60. The number of aryl methyl sites for hydroxylation is 2. The molecular formula is C16H17NS. The van der Waals surface area contributed by atoms with Gasteiger partial charge in [-0.2, -0.15) is 0 Å². The summed E-state index contributed by atoms with van der Waals surface area (Å²) in [5.74, 6) is 0. The fraction of sp³-hybridized carbons (Fsp3) is 0.188. The monoisotopic (exact) mass is 255 g/mol. The minimum atomic E-state index is 1.01. The lowest BCUT2D eigenvalue weighted by molar-refractivity contribution is 1.38. The van der Waals surface area contributed by atoms with Crippen molar-refractivity contribution >= 4 is 22.5 Å². The highest BCUT2D eigenvalue weighted by Gasteiger charge is 1.97. The van der Waals surface area contributed by atoms with E-state index in [1.165, 1.54) is 16.0 Å². The van der Waals surface area contributed by atoms with Crippen molar-refractivity contribution in [2.75, 3.05) is 0 Å². The topological polar surface area (TPSA) is 12.4 Å². The average molecular weight is 255 g/mol. The SMILES string of the molecule is CC(=Nc1ccc(C)cc1)Sc1ccc(C)cc1. The maximum absolute atomic E-state index is 4.60.